The van der Waals surface area contributed by atoms with E-state index in [0.29, 0.717) is 22.8 Å². The van der Waals surface area contributed by atoms with Gasteiger partial charge < -0.3 is 15.0 Å². The number of rotatable bonds is 5. The number of hydrogen-bond acceptors (Lipinski definition) is 4. The van der Waals surface area contributed by atoms with E-state index in [1.165, 1.54) is 0 Å². The second-order valence-electron chi connectivity index (χ2n) is 5.47. The van der Waals surface area contributed by atoms with Gasteiger partial charge in [-0.1, -0.05) is 11.6 Å². The molecule has 4 nitrogen and oxygen atoms in total. The third kappa shape index (κ3) is 3.76. The van der Waals surface area contributed by atoms with E-state index < -0.39 is 0 Å². The molecule has 0 atom stereocenters. The summed E-state index contributed by atoms with van der Waals surface area (Å²) in [6.07, 6.45) is 0.497. The van der Waals surface area contributed by atoms with Crippen LogP contribution >= 0.6 is 11.6 Å². The molecule has 1 aromatic rings. The van der Waals surface area contributed by atoms with Crippen LogP contribution in [0.25, 0.3) is 0 Å². The molecule has 1 aliphatic heterocycles. The van der Waals surface area contributed by atoms with Crippen molar-refractivity contribution in [3.8, 4) is 5.75 Å². The lowest BCUT2D eigenvalue weighted by molar-refractivity contribution is 0.0957. The molecule has 0 spiro atoms. The smallest absolute Gasteiger partial charge is 0.168 e. The number of benzene rings is 1. The van der Waals surface area contributed by atoms with Gasteiger partial charge in [0, 0.05) is 44.2 Å². The summed E-state index contributed by atoms with van der Waals surface area (Å²) in [4.78, 5) is 14.9. The van der Waals surface area contributed by atoms with Gasteiger partial charge >= 0.3 is 0 Å². The number of carbonyl (C=O) groups excluding carboxylic acids is 1. The van der Waals surface area contributed by atoms with Gasteiger partial charge in [-0.05, 0) is 31.0 Å². The zero-order valence-corrected chi connectivity index (χ0v) is 13.7. The van der Waals surface area contributed by atoms with E-state index in [4.69, 9.17) is 16.3 Å². The molecule has 0 aliphatic carbocycles. The zero-order chi connectivity index (χ0) is 15.4. The molecule has 5 heteroatoms. The topological polar surface area (TPSA) is 41.6 Å². The Kier molecular flexibility index (Phi) is 5.62. The highest BCUT2D eigenvalue weighted by molar-refractivity contribution is 6.32. The van der Waals surface area contributed by atoms with Crippen LogP contribution in [0.5, 0.6) is 5.75 Å². The largest absolute Gasteiger partial charge is 0.496 e. The van der Waals surface area contributed by atoms with Gasteiger partial charge in [-0.25, -0.2) is 0 Å². The lowest BCUT2D eigenvalue weighted by Crippen LogP contribution is -2.44. The highest BCUT2D eigenvalue weighted by Crippen LogP contribution is 2.32. The Hall–Kier alpha value is -1.10. The van der Waals surface area contributed by atoms with Gasteiger partial charge in [-0.3, -0.25) is 4.79 Å². The monoisotopic (exact) mass is 310 g/mol. The Morgan fingerprint density at radius 3 is 2.67 bits per heavy atom. The van der Waals surface area contributed by atoms with Crippen LogP contribution in [0, 0.1) is 13.8 Å². The van der Waals surface area contributed by atoms with Crippen LogP contribution in [0.2, 0.25) is 5.02 Å². The highest BCUT2D eigenvalue weighted by Gasteiger charge is 2.20. The first-order valence-electron chi connectivity index (χ1n) is 7.34. The Labute approximate surface area is 131 Å². The minimum Gasteiger partial charge on any atom is -0.496 e. The third-order valence-electron chi connectivity index (χ3n) is 4.01. The Morgan fingerprint density at radius 1 is 1.38 bits per heavy atom. The normalized spacial score (nSPS) is 16.0. The van der Waals surface area contributed by atoms with E-state index >= 15 is 0 Å². The summed E-state index contributed by atoms with van der Waals surface area (Å²) in [5, 5.41) is 3.94. The first-order valence-corrected chi connectivity index (χ1v) is 7.72. The van der Waals surface area contributed by atoms with Crippen LogP contribution in [0.4, 0.5) is 0 Å². The molecule has 2 rings (SSSR count). The standard InChI is InChI=1S/C16H23ClN2O2/c1-11-10-13(17)12(2)15(16(11)21-3)14(20)4-7-19-8-5-18-6-9-19/h10,18H,4-9H2,1-3H3. The summed E-state index contributed by atoms with van der Waals surface area (Å²) in [6.45, 7) is 8.56. The van der Waals surface area contributed by atoms with Crippen LogP contribution in [0.15, 0.2) is 6.07 Å². The van der Waals surface area contributed by atoms with Crippen LogP contribution in [-0.4, -0.2) is 50.5 Å². The molecule has 0 unspecified atom stereocenters. The van der Waals surface area contributed by atoms with Crippen molar-refractivity contribution in [3.63, 3.8) is 0 Å². The van der Waals surface area contributed by atoms with E-state index in [2.05, 4.69) is 10.2 Å². The highest BCUT2D eigenvalue weighted by atomic mass is 35.5. The van der Waals surface area contributed by atoms with Crippen molar-refractivity contribution in [2.75, 3.05) is 39.8 Å². The Bertz CT molecular complexity index is 525. The van der Waals surface area contributed by atoms with E-state index in [-0.39, 0.29) is 5.78 Å². The summed E-state index contributed by atoms with van der Waals surface area (Å²) in [6, 6.07) is 1.85. The second kappa shape index (κ2) is 7.25. The van der Waals surface area contributed by atoms with Crippen molar-refractivity contribution < 1.29 is 9.53 Å². The molecule has 1 heterocycles. The molecule has 0 bridgehead atoms. The lowest BCUT2D eigenvalue weighted by atomic mass is 9.98. The van der Waals surface area contributed by atoms with Gasteiger partial charge in [0.25, 0.3) is 0 Å². The zero-order valence-electron chi connectivity index (χ0n) is 13.0. The molecule has 1 fully saturated rings. The number of piperazine rings is 1. The molecule has 116 valence electrons. The quantitative estimate of drug-likeness (QED) is 0.848. The van der Waals surface area contributed by atoms with Crippen molar-refractivity contribution in [1.29, 1.82) is 0 Å². The molecule has 0 amide bonds. The number of ketones is 1. The van der Waals surface area contributed by atoms with Crippen molar-refractivity contribution in [1.82, 2.24) is 10.2 Å². The van der Waals surface area contributed by atoms with Crippen molar-refractivity contribution >= 4 is 17.4 Å². The number of hydrogen-bond donors (Lipinski definition) is 1. The first kappa shape index (κ1) is 16.3. The molecule has 0 saturated carbocycles. The first-order chi connectivity index (χ1) is 10.0. The summed E-state index contributed by atoms with van der Waals surface area (Å²) < 4.78 is 5.42. The summed E-state index contributed by atoms with van der Waals surface area (Å²) in [5.74, 6) is 0.760. The van der Waals surface area contributed by atoms with Crippen molar-refractivity contribution in [3.05, 3.63) is 27.8 Å². The van der Waals surface area contributed by atoms with Gasteiger partial charge in [-0.2, -0.15) is 0 Å². The Balaban J connectivity index is 2.14. The molecular weight excluding hydrogens is 288 g/mol. The predicted molar refractivity (Wildman–Crippen MR) is 85.7 cm³/mol. The van der Waals surface area contributed by atoms with Crippen LogP contribution < -0.4 is 10.1 Å². The number of methoxy groups -OCH3 is 1. The van der Waals surface area contributed by atoms with Crippen LogP contribution in [-0.2, 0) is 0 Å². The fourth-order valence-corrected chi connectivity index (χ4v) is 3.03. The Morgan fingerprint density at radius 2 is 2.05 bits per heavy atom. The molecule has 1 aliphatic rings. The molecule has 0 aromatic heterocycles. The average molecular weight is 311 g/mol. The van der Waals surface area contributed by atoms with Gasteiger partial charge in [0.15, 0.2) is 5.78 Å². The minimum atomic E-state index is 0.105. The SMILES string of the molecule is COc1c(C)cc(Cl)c(C)c1C(=O)CCN1CCNCC1. The van der Waals surface area contributed by atoms with Crippen molar-refractivity contribution in [2.24, 2.45) is 0 Å². The second-order valence-corrected chi connectivity index (χ2v) is 5.88. The number of halogens is 1. The number of nitrogens with zero attached hydrogens (tertiary/aromatic N) is 1. The number of Topliss-reactive ketones (excluding diaryl/α,β-unsaturated/α-hetero) is 1. The minimum absolute atomic E-state index is 0.105. The fraction of sp³-hybridized carbons (Fsp3) is 0.562. The van der Waals surface area contributed by atoms with Gasteiger partial charge in [-0.15, -0.1) is 0 Å². The maximum Gasteiger partial charge on any atom is 0.168 e. The summed E-state index contributed by atoms with van der Waals surface area (Å²) in [5.41, 5.74) is 2.35. The maximum atomic E-state index is 12.6. The molecule has 1 saturated heterocycles. The molecule has 21 heavy (non-hydrogen) atoms. The van der Waals surface area contributed by atoms with E-state index in [1.807, 2.05) is 19.9 Å². The van der Waals surface area contributed by atoms with Crippen LogP contribution in [0.1, 0.15) is 27.9 Å². The average Bonchev–Trinajstić information content (AvgIpc) is 2.49. The maximum absolute atomic E-state index is 12.6. The number of ether oxygens (including phenoxy) is 1. The molecule has 1 aromatic carbocycles. The van der Waals surface area contributed by atoms with Crippen molar-refractivity contribution in [2.45, 2.75) is 20.3 Å². The van der Waals surface area contributed by atoms with Crippen LogP contribution in [0.3, 0.4) is 0 Å². The summed E-state index contributed by atoms with van der Waals surface area (Å²) in [7, 11) is 1.60. The molecule has 0 radical (unpaired) electrons. The van der Waals surface area contributed by atoms with Gasteiger partial charge in [0.2, 0.25) is 0 Å². The van der Waals surface area contributed by atoms with Gasteiger partial charge in [0.1, 0.15) is 5.75 Å². The van der Waals surface area contributed by atoms with Gasteiger partial charge in [0.05, 0.1) is 12.7 Å². The number of nitrogens with one attached hydrogen (secondary N) is 1. The lowest BCUT2D eigenvalue weighted by Gasteiger charge is -2.27. The van der Waals surface area contributed by atoms with E-state index in [9.17, 15) is 4.79 Å². The summed E-state index contributed by atoms with van der Waals surface area (Å²) >= 11 is 6.21. The number of carbonyl (C=O) groups is 1. The molecule has 1 N–H and O–H groups in total. The fourth-order valence-electron chi connectivity index (χ4n) is 2.77. The molecular formula is C16H23ClN2O2. The third-order valence-corrected chi connectivity index (χ3v) is 4.40. The number of aryl methyl sites for hydroxylation is 1. The van der Waals surface area contributed by atoms with E-state index in [1.54, 1.807) is 7.11 Å². The predicted octanol–water partition coefficient (Wildman–Crippen LogP) is 2.44. The van der Waals surface area contributed by atoms with E-state index in [0.717, 1.165) is 43.9 Å².